The number of aliphatic hydroxyl groups is 1. The highest BCUT2D eigenvalue weighted by Crippen LogP contribution is 2.42. The van der Waals surface area contributed by atoms with Gasteiger partial charge in [-0.3, -0.25) is 0 Å². The van der Waals surface area contributed by atoms with E-state index in [4.69, 9.17) is 31.9 Å². The van der Waals surface area contributed by atoms with E-state index >= 15 is 0 Å². The molecule has 2 aliphatic heterocycles. The Hall–Kier alpha value is -0.615. The smallest absolute Gasteiger partial charge is 0.272 e. The number of fused-ring (bicyclic) bond motifs is 1. The third kappa shape index (κ3) is 1.55. The second kappa shape index (κ2) is 4.33. The molecule has 2 fully saturated rings. The number of methoxy groups -OCH3 is 1. The summed E-state index contributed by atoms with van der Waals surface area (Å²) in [5, 5.41) is 9.17. The molecule has 2 heterocycles. The average molecular weight is 224 g/mol. The van der Waals surface area contributed by atoms with Gasteiger partial charge in [0.15, 0.2) is 0 Å². The average Bonchev–Trinajstić information content (AvgIpc) is 2.76. The fraction of sp³-hybridized carbons (Fsp3) is 0.700. The standard InChI is InChI=1S/C10H13BO5/c1-3-4-10-7(15-9(13-2)16-10)6(5-12)14-8(10)11/h4,6-9,12H,1,5H2,2H3/t6-,7?,8-,9?,10-/m1/s1. The molecule has 6 heteroatoms. The molecule has 0 spiro atoms. The number of rotatable bonds is 3. The van der Waals surface area contributed by atoms with Gasteiger partial charge < -0.3 is 24.1 Å². The molecule has 0 aliphatic carbocycles. The Balaban J connectivity index is 2.31. The molecule has 0 aromatic carbocycles. The van der Waals surface area contributed by atoms with Crippen LogP contribution in [0.2, 0.25) is 0 Å². The Morgan fingerprint density at radius 2 is 2.38 bits per heavy atom. The normalized spacial score (nSPS) is 46.4. The lowest BCUT2D eigenvalue weighted by molar-refractivity contribution is -0.254. The molecule has 5 atom stereocenters. The molecule has 2 radical (unpaired) electrons. The van der Waals surface area contributed by atoms with Gasteiger partial charge >= 0.3 is 0 Å². The van der Waals surface area contributed by atoms with Gasteiger partial charge in [-0.2, -0.15) is 0 Å². The fourth-order valence-corrected chi connectivity index (χ4v) is 2.06. The second-order valence-corrected chi connectivity index (χ2v) is 3.68. The molecule has 0 bridgehead atoms. The van der Waals surface area contributed by atoms with Gasteiger partial charge in [-0.05, 0) is 6.08 Å². The monoisotopic (exact) mass is 224 g/mol. The van der Waals surface area contributed by atoms with Crippen molar-refractivity contribution in [2.45, 2.75) is 30.3 Å². The SMILES string of the molecule is [B][C@@H]1O[C@H](CO)C2OC(OC)O[C@]21C=C=C. The first-order valence-corrected chi connectivity index (χ1v) is 4.93. The molecule has 0 amide bonds. The topological polar surface area (TPSA) is 57.2 Å². The van der Waals surface area contributed by atoms with Gasteiger partial charge in [0.1, 0.15) is 25.7 Å². The summed E-state index contributed by atoms with van der Waals surface area (Å²) in [6, 6.07) is -0.746. The highest BCUT2D eigenvalue weighted by atomic mass is 16.9. The molecular formula is C10H13BO5. The molecule has 0 saturated carbocycles. The summed E-state index contributed by atoms with van der Waals surface area (Å²) >= 11 is 0. The van der Waals surface area contributed by atoms with Crippen molar-refractivity contribution in [3.8, 4) is 0 Å². The van der Waals surface area contributed by atoms with Gasteiger partial charge in [0, 0.05) is 7.11 Å². The third-order valence-corrected chi connectivity index (χ3v) is 2.81. The van der Waals surface area contributed by atoms with Crippen LogP contribution >= 0.6 is 0 Å². The summed E-state index contributed by atoms with van der Waals surface area (Å²) in [6.45, 7) is 2.46. The molecule has 1 N–H and O–H groups in total. The van der Waals surface area contributed by atoms with Crippen molar-refractivity contribution in [1.29, 1.82) is 0 Å². The molecule has 2 aliphatic rings. The minimum absolute atomic E-state index is 0.203. The van der Waals surface area contributed by atoms with E-state index in [1.165, 1.54) is 7.11 Å². The van der Waals surface area contributed by atoms with E-state index < -0.39 is 30.3 Å². The summed E-state index contributed by atoms with van der Waals surface area (Å²) in [5.41, 5.74) is 1.62. The summed E-state index contributed by atoms with van der Waals surface area (Å²) in [6.07, 6.45) is 0.489. The molecule has 5 nitrogen and oxygen atoms in total. The molecule has 0 aromatic rings. The van der Waals surface area contributed by atoms with Crippen molar-refractivity contribution >= 4 is 7.85 Å². The quantitative estimate of drug-likeness (QED) is 0.507. The van der Waals surface area contributed by atoms with Crippen LogP contribution in [0.5, 0.6) is 0 Å². The van der Waals surface area contributed by atoms with Gasteiger partial charge in [0.25, 0.3) is 6.48 Å². The molecular weight excluding hydrogens is 211 g/mol. The maximum absolute atomic E-state index is 9.17. The highest BCUT2D eigenvalue weighted by molar-refractivity contribution is 6.12. The molecule has 0 aromatic heterocycles. The first-order chi connectivity index (χ1) is 7.67. The highest BCUT2D eigenvalue weighted by Gasteiger charge is 2.61. The Kier molecular flexibility index (Phi) is 3.21. The van der Waals surface area contributed by atoms with E-state index in [2.05, 4.69) is 12.3 Å². The lowest BCUT2D eigenvalue weighted by Crippen LogP contribution is -2.45. The number of ether oxygens (including phenoxy) is 4. The lowest BCUT2D eigenvalue weighted by Gasteiger charge is -2.25. The van der Waals surface area contributed by atoms with Crippen LogP contribution in [0.15, 0.2) is 18.4 Å². The minimum atomic E-state index is -0.990. The predicted octanol–water partition coefficient (Wildman–Crippen LogP) is -0.703. The van der Waals surface area contributed by atoms with Crippen molar-refractivity contribution in [3.63, 3.8) is 0 Å². The first-order valence-electron chi connectivity index (χ1n) is 4.93. The molecule has 2 unspecified atom stereocenters. The Morgan fingerprint density at radius 3 is 2.94 bits per heavy atom. The van der Waals surface area contributed by atoms with Crippen molar-refractivity contribution in [3.05, 3.63) is 18.4 Å². The van der Waals surface area contributed by atoms with Gasteiger partial charge in [0.05, 0.1) is 12.6 Å². The first kappa shape index (κ1) is 11.9. The zero-order chi connectivity index (χ0) is 11.8. The van der Waals surface area contributed by atoms with Crippen molar-refractivity contribution < 1.29 is 24.1 Å². The fourth-order valence-electron chi connectivity index (χ4n) is 2.06. The van der Waals surface area contributed by atoms with E-state index in [0.29, 0.717) is 0 Å². The van der Waals surface area contributed by atoms with E-state index in [9.17, 15) is 0 Å². The van der Waals surface area contributed by atoms with Crippen LogP contribution in [0.3, 0.4) is 0 Å². The van der Waals surface area contributed by atoms with Crippen molar-refractivity contribution in [2.24, 2.45) is 0 Å². The van der Waals surface area contributed by atoms with Crippen LogP contribution in [0.4, 0.5) is 0 Å². The van der Waals surface area contributed by atoms with Gasteiger partial charge in [-0.25, -0.2) is 0 Å². The number of aliphatic hydroxyl groups excluding tert-OH is 1. The largest absolute Gasteiger partial charge is 0.394 e. The Labute approximate surface area is 95.0 Å². The molecule has 86 valence electrons. The van der Waals surface area contributed by atoms with Crippen LogP contribution in [0, 0.1) is 0 Å². The Morgan fingerprint density at radius 1 is 1.62 bits per heavy atom. The van der Waals surface area contributed by atoms with Gasteiger partial charge in [-0.1, -0.05) is 6.58 Å². The van der Waals surface area contributed by atoms with E-state index in [-0.39, 0.29) is 6.61 Å². The van der Waals surface area contributed by atoms with Gasteiger partial charge in [0.2, 0.25) is 0 Å². The third-order valence-electron chi connectivity index (χ3n) is 2.81. The van der Waals surface area contributed by atoms with E-state index in [0.717, 1.165) is 0 Å². The van der Waals surface area contributed by atoms with Crippen molar-refractivity contribution in [2.75, 3.05) is 13.7 Å². The second-order valence-electron chi connectivity index (χ2n) is 3.68. The van der Waals surface area contributed by atoms with Crippen LogP contribution in [-0.4, -0.2) is 57.0 Å². The van der Waals surface area contributed by atoms with Gasteiger partial charge in [-0.15, -0.1) is 5.73 Å². The van der Waals surface area contributed by atoms with Crippen LogP contribution in [-0.2, 0) is 18.9 Å². The molecule has 2 saturated heterocycles. The van der Waals surface area contributed by atoms with Crippen LogP contribution in [0.1, 0.15) is 0 Å². The minimum Gasteiger partial charge on any atom is -0.394 e. The van der Waals surface area contributed by atoms with E-state index in [1.54, 1.807) is 6.08 Å². The summed E-state index contributed by atoms with van der Waals surface area (Å²) < 4.78 is 21.3. The van der Waals surface area contributed by atoms with Crippen LogP contribution in [0.25, 0.3) is 0 Å². The number of hydrogen-bond acceptors (Lipinski definition) is 5. The van der Waals surface area contributed by atoms with Crippen molar-refractivity contribution in [1.82, 2.24) is 0 Å². The summed E-state index contributed by atoms with van der Waals surface area (Å²) in [7, 11) is 7.29. The Bertz CT molecular complexity index is 316. The van der Waals surface area contributed by atoms with E-state index in [1.807, 2.05) is 0 Å². The maximum atomic E-state index is 9.17. The molecule has 2 rings (SSSR count). The zero-order valence-electron chi connectivity index (χ0n) is 8.96. The molecule has 16 heavy (non-hydrogen) atoms. The lowest BCUT2D eigenvalue weighted by atomic mass is 9.80. The zero-order valence-corrected chi connectivity index (χ0v) is 8.96. The summed E-state index contributed by atoms with van der Waals surface area (Å²) in [5.74, 6) is 0. The predicted molar refractivity (Wildman–Crippen MR) is 54.7 cm³/mol. The summed E-state index contributed by atoms with van der Waals surface area (Å²) in [4.78, 5) is 0. The van der Waals surface area contributed by atoms with Crippen LogP contribution < -0.4 is 0 Å². The number of hydrogen-bond donors (Lipinski definition) is 1. The maximum Gasteiger partial charge on any atom is 0.272 e.